The Morgan fingerprint density at radius 1 is 1.08 bits per heavy atom. The predicted octanol–water partition coefficient (Wildman–Crippen LogP) is 3.50. The molecular formula is C21H27NO3S. The molecule has 0 bridgehead atoms. The van der Waals surface area contributed by atoms with Gasteiger partial charge in [0.2, 0.25) is 5.91 Å². The first-order valence-electron chi connectivity index (χ1n) is 8.85. The molecule has 2 unspecified atom stereocenters. The van der Waals surface area contributed by atoms with Gasteiger partial charge >= 0.3 is 0 Å². The number of aliphatic hydroxyl groups is 1. The number of rotatable bonds is 10. The van der Waals surface area contributed by atoms with Gasteiger partial charge in [-0.2, -0.15) is 0 Å². The van der Waals surface area contributed by atoms with Crippen LogP contribution in [-0.2, 0) is 10.5 Å². The maximum Gasteiger partial charge on any atom is 0.233 e. The normalized spacial score (nSPS) is 13.2. The molecule has 0 saturated heterocycles. The van der Waals surface area contributed by atoms with Crippen molar-refractivity contribution in [1.82, 2.24) is 5.32 Å². The van der Waals surface area contributed by atoms with Crippen molar-refractivity contribution in [2.75, 3.05) is 13.2 Å². The molecule has 0 saturated carbocycles. The highest BCUT2D eigenvalue weighted by Crippen LogP contribution is 2.24. The molecule has 0 radical (unpaired) electrons. The van der Waals surface area contributed by atoms with Crippen LogP contribution < -0.4 is 10.1 Å². The van der Waals surface area contributed by atoms with Crippen LogP contribution in [0.15, 0.2) is 60.7 Å². The molecule has 0 spiro atoms. The van der Waals surface area contributed by atoms with E-state index in [4.69, 9.17) is 4.74 Å². The van der Waals surface area contributed by atoms with Crippen LogP contribution in [0.3, 0.4) is 0 Å². The molecule has 0 fully saturated rings. The van der Waals surface area contributed by atoms with E-state index in [2.05, 4.69) is 17.4 Å². The van der Waals surface area contributed by atoms with Crippen LogP contribution in [0.1, 0.15) is 19.4 Å². The molecule has 0 aliphatic heterocycles. The van der Waals surface area contributed by atoms with Gasteiger partial charge in [0, 0.05) is 12.3 Å². The summed E-state index contributed by atoms with van der Waals surface area (Å²) in [6.45, 7) is 4.41. The number of carbonyl (C=O) groups excluding carboxylic acids is 1. The zero-order valence-corrected chi connectivity index (χ0v) is 16.1. The second kappa shape index (κ2) is 10.9. The molecule has 0 aliphatic rings. The molecule has 0 aliphatic carbocycles. The smallest absolute Gasteiger partial charge is 0.233 e. The van der Waals surface area contributed by atoms with E-state index in [0.29, 0.717) is 5.75 Å². The van der Waals surface area contributed by atoms with E-state index < -0.39 is 6.10 Å². The lowest BCUT2D eigenvalue weighted by atomic mass is 10.1. The average Bonchev–Trinajstić information content (AvgIpc) is 2.66. The summed E-state index contributed by atoms with van der Waals surface area (Å²) in [5, 5.41) is 12.7. The number of amides is 1. The molecule has 4 nitrogen and oxygen atoms in total. The lowest BCUT2D eigenvalue weighted by Crippen LogP contribution is -2.41. The summed E-state index contributed by atoms with van der Waals surface area (Å²) in [5.74, 6) is 1.66. The molecular weight excluding hydrogens is 346 g/mol. The van der Waals surface area contributed by atoms with Crippen LogP contribution in [-0.4, -0.2) is 35.5 Å². The third kappa shape index (κ3) is 7.10. The molecule has 26 heavy (non-hydrogen) atoms. The van der Waals surface area contributed by atoms with Crippen LogP contribution in [0.25, 0.3) is 0 Å². The summed E-state index contributed by atoms with van der Waals surface area (Å²) in [5.41, 5.74) is 1.20. The van der Waals surface area contributed by atoms with Crippen molar-refractivity contribution in [2.45, 2.75) is 31.0 Å². The zero-order valence-electron chi connectivity index (χ0n) is 15.3. The maximum absolute atomic E-state index is 12.5. The Morgan fingerprint density at radius 3 is 2.31 bits per heavy atom. The fourth-order valence-corrected chi connectivity index (χ4v) is 3.60. The van der Waals surface area contributed by atoms with E-state index in [9.17, 15) is 9.90 Å². The first kappa shape index (κ1) is 20.3. The van der Waals surface area contributed by atoms with Crippen LogP contribution in [0, 0.1) is 5.92 Å². The number of para-hydroxylation sites is 1. The summed E-state index contributed by atoms with van der Waals surface area (Å²) in [6.07, 6.45) is -0.744. The summed E-state index contributed by atoms with van der Waals surface area (Å²) in [7, 11) is 0. The molecule has 0 heterocycles. The molecule has 2 atom stereocenters. The average molecular weight is 374 g/mol. The minimum atomic E-state index is -0.744. The Morgan fingerprint density at radius 2 is 1.69 bits per heavy atom. The molecule has 2 rings (SSSR count). The van der Waals surface area contributed by atoms with Crippen molar-refractivity contribution in [1.29, 1.82) is 0 Å². The van der Waals surface area contributed by atoms with Gasteiger partial charge in [-0.3, -0.25) is 4.79 Å². The van der Waals surface area contributed by atoms with Gasteiger partial charge in [-0.05, 0) is 23.6 Å². The van der Waals surface area contributed by atoms with Crippen LogP contribution >= 0.6 is 11.8 Å². The van der Waals surface area contributed by atoms with Crippen molar-refractivity contribution in [2.24, 2.45) is 5.92 Å². The number of aliphatic hydroxyl groups excluding tert-OH is 1. The van der Waals surface area contributed by atoms with Crippen LogP contribution in [0.2, 0.25) is 0 Å². The summed E-state index contributed by atoms with van der Waals surface area (Å²) >= 11 is 1.63. The number of ether oxygens (including phenoxy) is 1. The number of hydrogen-bond donors (Lipinski definition) is 2. The van der Waals surface area contributed by atoms with Gasteiger partial charge in [-0.1, -0.05) is 62.4 Å². The number of thioether (sulfide) groups is 1. The SMILES string of the molecule is CC(C)C(SCc1ccccc1)C(=O)NCC(O)COc1ccccc1. The molecule has 140 valence electrons. The van der Waals surface area contributed by atoms with Gasteiger partial charge in [0.25, 0.3) is 0 Å². The fourth-order valence-electron chi connectivity index (χ4n) is 2.42. The van der Waals surface area contributed by atoms with Gasteiger partial charge in [0.15, 0.2) is 0 Å². The number of hydrogen-bond acceptors (Lipinski definition) is 4. The largest absolute Gasteiger partial charge is 0.491 e. The Bertz CT molecular complexity index is 649. The standard InChI is InChI=1S/C21H27NO3S/c1-16(2)20(26-15-17-9-5-3-6-10-17)21(24)22-13-18(23)14-25-19-11-7-4-8-12-19/h3-12,16,18,20,23H,13-15H2,1-2H3,(H,22,24). The fraction of sp³-hybridized carbons (Fsp3) is 0.381. The van der Waals surface area contributed by atoms with Gasteiger partial charge < -0.3 is 15.2 Å². The van der Waals surface area contributed by atoms with Crippen molar-refractivity contribution in [3.05, 3.63) is 66.2 Å². The van der Waals surface area contributed by atoms with Gasteiger partial charge in [-0.25, -0.2) is 0 Å². The number of nitrogens with one attached hydrogen (secondary N) is 1. The Labute approximate surface area is 160 Å². The highest BCUT2D eigenvalue weighted by molar-refractivity contribution is 7.99. The van der Waals surface area contributed by atoms with Crippen molar-refractivity contribution < 1.29 is 14.6 Å². The van der Waals surface area contributed by atoms with E-state index in [1.807, 2.05) is 62.4 Å². The highest BCUT2D eigenvalue weighted by atomic mass is 32.2. The van der Waals surface area contributed by atoms with E-state index in [1.54, 1.807) is 11.8 Å². The van der Waals surface area contributed by atoms with E-state index in [1.165, 1.54) is 5.56 Å². The van der Waals surface area contributed by atoms with E-state index >= 15 is 0 Å². The molecule has 2 aromatic carbocycles. The number of carbonyl (C=O) groups is 1. The third-order valence-electron chi connectivity index (χ3n) is 3.83. The minimum Gasteiger partial charge on any atom is -0.491 e. The highest BCUT2D eigenvalue weighted by Gasteiger charge is 2.23. The first-order chi connectivity index (χ1) is 12.6. The first-order valence-corrected chi connectivity index (χ1v) is 9.90. The monoisotopic (exact) mass is 373 g/mol. The second-order valence-electron chi connectivity index (χ2n) is 6.48. The van der Waals surface area contributed by atoms with Gasteiger partial charge in [0.05, 0.1) is 5.25 Å². The Hall–Kier alpha value is -1.98. The summed E-state index contributed by atoms with van der Waals surface area (Å²) in [6, 6.07) is 19.4. The maximum atomic E-state index is 12.5. The molecule has 0 aromatic heterocycles. The predicted molar refractivity (Wildman–Crippen MR) is 107 cm³/mol. The van der Waals surface area contributed by atoms with Gasteiger partial charge in [0.1, 0.15) is 18.5 Å². The van der Waals surface area contributed by atoms with Crippen molar-refractivity contribution in [3.8, 4) is 5.75 Å². The quantitative estimate of drug-likeness (QED) is 0.669. The van der Waals surface area contributed by atoms with E-state index in [-0.39, 0.29) is 30.2 Å². The molecule has 2 N–H and O–H groups in total. The third-order valence-corrected chi connectivity index (χ3v) is 5.45. The topological polar surface area (TPSA) is 58.6 Å². The van der Waals surface area contributed by atoms with Crippen LogP contribution in [0.4, 0.5) is 0 Å². The Kier molecular flexibility index (Phi) is 8.51. The Balaban J connectivity index is 1.75. The summed E-state index contributed by atoms with van der Waals surface area (Å²) in [4.78, 5) is 12.5. The lowest BCUT2D eigenvalue weighted by Gasteiger charge is -2.21. The van der Waals surface area contributed by atoms with Crippen molar-refractivity contribution >= 4 is 17.7 Å². The number of benzene rings is 2. The van der Waals surface area contributed by atoms with Gasteiger partial charge in [-0.15, -0.1) is 11.8 Å². The minimum absolute atomic E-state index is 0.0420. The molecule has 5 heteroatoms. The van der Waals surface area contributed by atoms with Crippen LogP contribution in [0.5, 0.6) is 5.75 Å². The van der Waals surface area contributed by atoms with Crippen molar-refractivity contribution in [3.63, 3.8) is 0 Å². The second-order valence-corrected chi connectivity index (χ2v) is 7.61. The van der Waals surface area contributed by atoms with E-state index in [0.717, 1.165) is 5.75 Å². The lowest BCUT2D eigenvalue weighted by molar-refractivity contribution is -0.121. The summed E-state index contributed by atoms with van der Waals surface area (Å²) < 4.78 is 5.51. The zero-order chi connectivity index (χ0) is 18.8. The molecule has 2 aromatic rings. The molecule has 1 amide bonds.